The van der Waals surface area contributed by atoms with Gasteiger partial charge in [0, 0.05) is 19.1 Å². The number of carbonyl (C=O) groups excluding carboxylic acids is 1. The molecule has 0 spiro atoms. The van der Waals surface area contributed by atoms with Crippen molar-refractivity contribution in [3.63, 3.8) is 0 Å². The lowest BCUT2D eigenvalue weighted by Crippen LogP contribution is -2.52. The van der Waals surface area contributed by atoms with E-state index in [2.05, 4.69) is 44.2 Å². The van der Waals surface area contributed by atoms with E-state index in [9.17, 15) is 4.79 Å². The third-order valence-electron chi connectivity index (χ3n) is 4.67. The van der Waals surface area contributed by atoms with Crippen molar-refractivity contribution in [1.29, 1.82) is 0 Å². The van der Waals surface area contributed by atoms with Crippen LogP contribution in [0.2, 0.25) is 0 Å². The number of likely N-dealkylation sites (tertiary alicyclic amines) is 1. The van der Waals surface area contributed by atoms with Crippen LogP contribution in [0, 0.1) is 0 Å². The van der Waals surface area contributed by atoms with Crippen molar-refractivity contribution < 1.29 is 4.79 Å². The predicted octanol–water partition coefficient (Wildman–Crippen LogP) is 1.60. The van der Waals surface area contributed by atoms with E-state index < -0.39 is 0 Å². The van der Waals surface area contributed by atoms with E-state index in [1.54, 1.807) is 0 Å². The summed E-state index contributed by atoms with van der Waals surface area (Å²) in [4.78, 5) is 14.8. The lowest BCUT2D eigenvalue weighted by molar-refractivity contribution is -0.134. The molecule has 0 bridgehead atoms. The molecule has 3 rings (SSSR count). The second-order valence-electron chi connectivity index (χ2n) is 5.99. The quantitative estimate of drug-likeness (QED) is 0.671. The lowest BCUT2D eigenvalue weighted by Gasteiger charge is -2.33. The molecule has 23 heavy (non-hydrogen) atoms. The van der Waals surface area contributed by atoms with E-state index in [1.165, 1.54) is 5.56 Å². The summed E-state index contributed by atoms with van der Waals surface area (Å²) >= 11 is 3.72. The lowest BCUT2D eigenvalue weighted by atomic mass is 10.00. The van der Waals surface area contributed by atoms with Gasteiger partial charge in [-0.25, -0.2) is 10.9 Å². The Morgan fingerprint density at radius 1 is 1.22 bits per heavy atom. The zero-order valence-corrected chi connectivity index (χ0v) is 15.6. The first-order chi connectivity index (χ1) is 10.7. The minimum absolute atomic E-state index is 0. The highest BCUT2D eigenvalue weighted by atomic mass is 79.9. The van der Waals surface area contributed by atoms with Crippen LogP contribution in [0.25, 0.3) is 0 Å². The normalized spacial score (nSPS) is 28.4. The molecule has 3 unspecified atom stereocenters. The number of alkyl halides is 1. The number of piperidine rings is 1. The average Bonchev–Trinajstić information content (AvgIpc) is 2.96. The monoisotopic (exact) mass is 402 g/mol. The molecule has 0 aliphatic carbocycles. The average molecular weight is 404 g/mol. The molecule has 1 amide bonds. The maximum Gasteiger partial charge on any atom is 0.242 e. The van der Waals surface area contributed by atoms with Gasteiger partial charge in [-0.3, -0.25) is 4.79 Å². The van der Waals surface area contributed by atoms with E-state index in [0.717, 1.165) is 25.9 Å². The summed E-state index contributed by atoms with van der Waals surface area (Å²) in [5.41, 5.74) is 7.61. The number of halogens is 2. The highest BCUT2D eigenvalue weighted by Crippen LogP contribution is 2.30. The molecule has 0 aromatic heterocycles. The summed E-state index contributed by atoms with van der Waals surface area (Å²) in [5, 5.41) is 3.30. The Labute approximate surface area is 152 Å². The molecule has 2 saturated heterocycles. The number of nitrogens with one attached hydrogen (secondary N) is 3. The second kappa shape index (κ2) is 8.44. The van der Waals surface area contributed by atoms with Crippen molar-refractivity contribution in [3.05, 3.63) is 35.9 Å². The molecule has 3 N–H and O–H groups in total. The topological polar surface area (TPSA) is 56.4 Å². The first kappa shape index (κ1) is 18.7. The third-order valence-corrected chi connectivity index (χ3v) is 5.73. The first-order valence-corrected chi connectivity index (χ1v) is 8.78. The van der Waals surface area contributed by atoms with Crippen molar-refractivity contribution in [2.75, 3.05) is 20.1 Å². The van der Waals surface area contributed by atoms with Gasteiger partial charge in [-0.2, -0.15) is 0 Å². The minimum atomic E-state index is -0.226. The molecule has 0 radical (unpaired) electrons. The molecule has 7 heteroatoms. The van der Waals surface area contributed by atoms with E-state index in [4.69, 9.17) is 0 Å². The van der Waals surface area contributed by atoms with E-state index >= 15 is 0 Å². The van der Waals surface area contributed by atoms with Gasteiger partial charge in [0.15, 0.2) is 0 Å². The van der Waals surface area contributed by atoms with Gasteiger partial charge in [-0.05, 0) is 25.5 Å². The Morgan fingerprint density at radius 3 is 2.48 bits per heavy atom. The van der Waals surface area contributed by atoms with Crippen molar-refractivity contribution >= 4 is 34.2 Å². The molecule has 0 saturated carbocycles. The molecule has 1 aromatic rings. The number of rotatable bonds is 3. The number of hydrogen-bond acceptors (Lipinski definition) is 4. The fraction of sp³-hybridized carbons (Fsp3) is 0.562. The number of amides is 1. The molecule has 2 aliphatic heterocycles. The zero-order valence-electron chi connectivity index (χ0n) is 13.2. The van der Waals surface area contributed by atoms with Gasteiger partial charge in [-0.15, -0.1) is 12.4 Å². The number of carbonyl (C=O) groups is 1. The van der Waals surface area contributed by atoms with Gasteiger partial charge in [0.25, 0.3) is 0 Å². The molecule has 2 heterocycles. The largest absolute Gasteiger partial charge is 0.341 e. The van der Waals surface area contributed by atoms with Gasteiger partial charge >= 0.3 is 0 Å². The van der Waals surface area contributed by atoms with Gasteiger partial charge in [0.05, 0.1) is 10.9 Å². The maximum absolute atomic E-state index is 12.8. The van der Waals surface area contributed by atoms with E-state index in [-0.39, 0.29) is 35.2 Å². The van der Waals surface area contributed by atoms with Crippen molar-refractivity contribution in [1.82, 2.24) is 21.1 Å². The molecular weight excluding hydrogens is 380 g/mol. The third kappa shape index (κ3) is 4.06. The summed E-state index contributed by atoms with van der Waals surface area (Å²) in [6.45, 7) is 1.66. The molecule has 2 fully saturated rings. The summed E-state index contributed by atoms with van der Waals surface area (Å²) in [5.74, 6) is 0.183. The van der Waals surface area contributed by atoms with Gasteiger partial charge in [0.1, 0.15) is 6.04 Å². The maximum atomic E-state index is 12.8. The second-order valence-corrected chi connectivity index (χ2v) is 7.04. The smallest absolute Gasteiger partial charge is 0.242 e. The fourth-order valence-corrected chi connectivity index (χ4v) is 4.04. The van der Waals surface area contributed by atoms with Crippen LogP contribution < -0.4 is 16.2 Å². The predicted molar refractivity (Wildman–Crippen MR) is 97.9 cm³/mol. The summed E-state index contributed by atoms with van der Waals surface area (Å²) in [7, 11) is 1.99. The minimum Gasteiger partial charge on any atom is -0.341 e. The summed E-state index contributed by atoms with van der Waals surface area (Å²) in [6.07, 6.45) is 2.05. The number of hydrogen-bond donors (Lipinski definition) is 3. The van der Waals surface area contributed by atoms with Crippen molar-refractivity contribution in [2.24, 2.45) is 0 Å². The first-order valence-electron chi connectivity index (χ1n) is 7.87. The van der Waals surface area contributed by atoms with Gasteiger partial charge in [0.2, 0.25) is 5.91 Å². The van der Waals surface area contributed by atoms with Gasteiger partial charge < -0.3 is 10.2 Å². The van der Waals surface area contributed by atoms with Crippen LogP contribution in [0.4, 0.5) is 0 Å². The van der Waals surface area contributed by atoms with E-state index in [0.29, 0.717) is 6.04 Å². The SMILES string of the molecule is CNC1CCN(C(=O)C2NNC(c3ccccc3)C2Br)CC1.Cl. The van der Waals surface area contributed by atoms with Crippen LogP contribution in [0.5, 0.6) is 0 Å². The Balaban J connectivity index is 0.00000192. The molecule has 128 valence electrons. The summed E-state index contributed by atoms with van der Waals surface area (Å²) < 4.78 is 0. The zero-order chi connectivity index (χ0) is 15.5. The van der Waals surface area contributed by atoms with Crippen LogP contribution in [0.3, 0.4) is 0 Å². The Bertz CT molecular complexity index is 510. The van der Waals surface area contributed by atoms with Crippen molar-refractivity contribution in [2.45, 2.75) is 35.8 Å². The standard InChI is InChI=1S/C16H23BrN4O.ClH/c1-18-12-7-9-21(10-8-12)16(22)15-13(17)14(19-20-15)11-5-3-2-4-6-11;/h2-6,12-15,18-20H,7-10H2,1H3;1H. The number of benzene rings is 1. The Hall–Kier alpha value is -0.660. The van der Waals surface area contributed by atoms with Crippen LogP contribution in [0.15, 0.2) is 30.3 Å². The fourth-order valence-electron chi connectivity index (χ4n) is 3.24. The number of hydrazine groups is 1. The number of nitrogens with zero attached hydrogens (tertiary/aromatic N) is 1. The Morgan fingerprint density at radius 2 is 1.87 bits per heavy atom. The molecule has 2 aliphatic rings. The van der Waals surface area contributed by atoms with Crippen LogP contribution in [-0.2, 0) is 4.79 Å². The molecule has 1 aromatic carbocycles. The highest BCUT2D eigenvalue weighted by Gasteiger charge is 2.41. The van der Waals surface area contributed by atoms with E-state index in [1.807, 2.05) is 30.1 Å². The van der Waals surface area contributed by atoms with Gasteiger partial charge in [-0.1, -0.05) is 46.3 Å². The highest BCUT2D eigenvalue weighted by molar-refractivity contribution is 9.09. The van der Waals surface area contributed by atoms with Crippen molar-refractivity contribution in [3.8, 4) is 0 Å². The van der Waals surface area contributed by atoms with Crippen LogP contribution in [-0.4, -0.2) is 47.9 Å². The Kier molecular flexibility index (Phi) is 6.85. The molecular formula is C16H24BrClN4O. The summed E-state index contributed by atoms with van der Waals surface area (Å²) in [6, 6.07) is 10.6. The van der Waals surface area contributed by atoms with Crippen LogP contribution >= 0.6 is 28.3 Å². The molecule has 5 nitrogen and oxygen atoms in total. The van der Waals surface area contributed by atoms with Crippen LogP contribution in [0.1, 0.15) is 24.4 Å². The molecule has 3 atom stereocenters.